The lowest BCUT2D eigenvalue weighted by Crippen LogP contribution is -2.43. The van der Waals surface area contributed by atoms with E-state index in [1.807, 2.05) is 43.3 Å². The van der Waals surface area contributed by atoms with E-state index in [2.05, 4.69) is 5.32 Å². The Morgan fingerprint density at radius 2 is 1.59 bits per heavy atom. The van der Waals surface area contributed by atoms with Gasteiger partial charge in [-0.05, 0) is 69.7 Å². The van der Waals surface area contributed by atoms with Gasteiger partial charge in [0.25, 0.3) is 0 Å². The van der Waals surface area contributed by atoms with Crippen LogP contribution in [0.1, 0.15) is 45.4 Å². The van der Waals surface area contributed by atoms with E-state index in [1.54, 1.807) is 0 Å². The second-order valence-electron chi connectivity index (χ2n) is 8.15. The van der Waals surface area contributed by atoms with Crippen LogP contribution in [0, 0.1) is 17.8 Å². The van der Waals surface area contributed by atoms with Gasteiger partial charge in [-0.1, -0.05) is 12.2 Å². The van der Waals surface area contributed by atoms with Crippen molar-refractivity contribution in [1.29, 1.82) is 0 Å². The number of ether oxygens (including phenoxy) is 1. The first kappa shape index (κ1) is 19.7. The van der Waals surface area contributed by atoms with E-state index in [4.69, 9.17) is 4.74 Å². The number of carbonyl (C=O) groups is 3. The Morgan fingerprint density at radius 1 is 1.00 bits per heavy atom. The number of hydrogen-bond acceptors (Lipinski definition) is 4. The summed E-state index contributed by atoms with van der Waals surface area (Å²) in [6.07, 6.45) is 8.15. The second kappa shape index (κ2) is 8.39. The summed E-state index contributed by atoms with van der Waals surface area (Å²) in [4.78, 5) is 39.7. The number of benzene rings is 1. The highest BCUT2D eigenvalue weighted by atomic mass is 16.5. The summed E-state index contributed by atoms with van der Waals surface area (Å²) >= 11 is 0. The van der Waals surface area contributed by atoms with Gasteiger partial charge in [-0.15, -0.1) is 0 Å². The number of imide groups is 1. The SMILES string of the molecule is CCOc1ccc(NC(=O)C2CCC(N3C(=O)[C@H]4CC=CC[C@@H]4C3=O)CC2)cc1. The summed E-state index contributed by atoms with van der Waals surface area (Å²) in [6.45, 7) is 2.54. The van der Waals surface area contributed by atoms with Crippen LogP contribution >= 0.6 is 0 Å². The third kappa shape index (κ3) is 3.93. The third-order valence-corrected chi connectivity index (χ3v) is 6.41. The lowest BCUT2D eigenvalue weighted by atomic mass is 9.84. The van der Waals surface area contributed by atoms with Gasteiger partial charge in [0.05, 0.1) is 18.4 Å². The fraction of sp³-hybridized carbons (Fsp3) is 0.522. The largest absolute Gasteiger partial charge is 0.494 e. The highest BCUT2D eigenvalue weighted by Crippen LogP contribution is 2.39. The van der Waals surface area contributed by atoms with E-state index in [9.17, 15) is 14.4 Å². The predicted octanol–water partition coefficient (Wildman–Crippen LogP) is 3.53. The molecule has 0 aromatic heterocycles. The number of carbonyl (C=O) groups excluding carboxylic acids is 3. The molecule has 2 atom stereocenters. The Labute approximate surface area is 171 Å². The molecule has 0 spiro atoms. The van der Waals surface area contributed by atoms with E-state index in [1.165, 1.54) is 4.90 Å². The molecule has 6 heteroatoms. The standard InChI is InChI=1S/C23H28N2O4/c1-2-29-18-13-9-16(10-14-18)24-21(26)15-7-11-17(12-8-15)25-22(27)19-5-3-4-6-20(19)23(25)28/h3-4,9-10,13-15,17,19-20H,2,5-8,11-12H2,1H3,(H,24,26)/t15?,17?,19-,20-/m0/s1. The Hall–Kier alpha value is -2.63. The molecule has 0 bridgehead atoms. The van der Waals surface area contributed by atoms with Crippen molar-refractivity contribution >= 4 is 23.4 Å². The lowest BCUT2D eigenvalue weighted by Gasteiger charge is -2.33. The number of hydrogen-bond donors (Lipinski definition) is 1. The molecule has 3 amide bonds. The maximum Gasteiger partial charge on any atom is 0.233 e. The first-order valence-electron chi connectivity index (χ1n) is 10.6. The Morgan fingerprint density at radius 3 is 2.14 bits per heavy atom. The molecule has 1 heterocycles. The molecule has 1 saturated heterocycles. The van der Waals surface area contributed by atoms with E-state index >= 15 is 0 Å². The Bertz CT molecular complexity index is 783. The molecule has 2 fully saturated rings. The van der Waals surface area contributed by atoms with Crippen molar-refractivity contribution < 1.29 is 19.1 Å². The monoisotopic (exact) mass is 396 g/mol. The highest BCUT2D eigenvalue weighted by Gasteiger charge is 2.50. The van der Waals surface area contributed by atoms with Crippen molar-refractivity contribution in [3.05, 3.63) is 36.4 Å². The number of amides is 3. The van der Waals surface area contributed by atoms with Crippen LogP contribution in [-0.4, -0.2) is 35.3 Å². The quantitative estimate of drug-likeness (QED) is 0.610. The van der Waals surface area contributed by atoms with Gasteiger partial charge in [0, 0.05) is 17.6 Å². The van der Waals surface area contributed by atoms with E-state index in [0.29, 0.717) is 45.1 Å². The molecule has 1 N–H and O–H groups in total. The minimum atomic E-state index is -0.173. The van der Waals surface area contributed by atoms with Gasteiger partial charge in [-0.2, -0.15) is 0 Å². The summed E-state index contributed by atoms with van der Waals surface area (Å²) in [5, 5.41) is 2.97. The molecular formula is C23H28N2O4. The molecule has 0 radical (unpaired) electrons. The second-order valence-corrected chi connectivity index (χ2v) is 8.15. The Kier molecular flexibility index (Phi) is 5.69. The van der Waals surface area contributed by atoms with Crippen LogP contribution in [0.25, 0.3) is 0 Å². The first-order chi connectivity index (χ1) is 14.1. The van der Waals surface area contributed by atoms with Crippen molar-refractivity contribution in [2.24, 2.45) is 17.8 Å². The van der Waals surface area contributed by atoms with Gasteiger partial charge in [-0.25, -0.2) is 0 Å². The molecule has 1 aliphatic heterocycles. The van der Waals surface area contributed by atoms with Crippen LogP contribution in [0.3, 0.4) is 0 Å². The fourth-order valence-electron chi connectivity index (χ4n) is 4.83. The van der Waals surface area contributed by atoms with Gasteiger partial charge < -0.3 is 10.1 Å². The molecule has 1 saturated carbocycles. The highest BCUT2D eigenvalue weighted by molar-refractivity contribution is 6.05. The van der Waals surface area contributed by atoms with Crippen LogP contribution in [0.2, 0.25) is 0 Å². The van der Waals surface area contributed by atoms with Crippen LogP contribution in [0.15, 0.2) is 36.4 Å². The molecule has 1 aromatic carbocycles. The van der Waals surface area contributed by atoms with E-state index < -0.39 is 0 Å². The molecule has 4 rings (SSSR count). The summed E-state index contributed by atoms with van der Waals surface area (Å²) in [5.41, 5.74) is 0.752. The zero-order valence-electron chi connectivity index (χ0n) is 16.8. The van der Waals surface area contributed by atoms with E-state index in [-0.39, 0.29) is 41.5 Å². The average Bonchev–Trinajstić information content (AvgIpc) is 3.00. The molecule has 1 aromatic rings. The van der Waals surface area contributed by atoms with Crippen LogP contribution in [-0.2, 0) is 14.4 Å². The smallest absolute Gasteiger partial charge is 0.233 e. The minimum Gasteiger partial charge on any atom is -0.494 e. The molecule has 6 nitrogen and oxygen atoms in total. The molecule has 154 valence electrons. The van der Waals surface area contributed by atoms with Crippen molar-refractivity contribution in [2.45, 2.75) is 51.5 Å². The van der Waals surface area contributed by atoms with Gasteiger partial charge in [-0.3, -0.25) is 19.3 Å². The zero-order valence-corrected chi connectivity index (χ0v) is 16.8. The molecular weight excluding hydrogens is 368 g/mol. The van der Waals surface area contributed by atoms with Crippen LogP contribution in [0.5, 0.6) is 5.75 Å². The number of allylic oxidation sites excluding steroid dienone is 2. The van der Waals surface area contributed by atoms with Crippen LogP contribution in [0.4, 0.5) is 5.69 Å². The number of anilines is 1. The van der Waals surface area contributed by atoms with Crippen molar-refractivity contribution in [1.82, 2.24) is 4.90 Å². The Balaban J connectivity index is 1.31. The normalized spacial score (nSPS) is 28.9. The molecule has 2 aliphatic carbocycles. The first-order valence-corrected chi connectivity index (χ1v) is 10.6. The van der Waals surface area contributed by atoms with Crippen molar-refractivity contribution in [2.75, 3.05) is 11.9 Å². The molecule has 29 heavy (non-hydrogen) atoms. The number of nitrogens with zero attached hydrogens (tertiary/aromatic N) is 1. The number of rotatable bonds is 5. The number of likely N-dealkylation sites (tertiary alicyclic amines) is 1. The van der Waals surface area contributed by atoms with Gasteiger partial charge >= 0.3 is 0 Å². The van der Waals surface area contributed by atoms with Crippen LogP contribution < -0.4 is 10.1 Å². The number of nitrogens with one attached hydrogen (secondary N) is 1. The summed E-state index contributed by atoms with van der Waals surface area (Å²) in [6, 6.07) is 7.30. The predicted molar refractivity (Wildman–Crippen MR) is 109 cm³/mol. The minimum absolute atomic E-state index is 0.00422. The van der Waals surface area contributed by atoms with Crippen molar-refractivity contribution in [3.63, 3.8) is 0 Å². The topological polar surface area (TPSA) is 75.7 Å². The summed E-state index contributed by atoms with van der Waals surface area (Å²) in [5.74, 6) is 0.334. The third-order valence-electron chi connectivity index (χ3n) is 6.41. The zero-order chi connectivity index (χ0) is 20.4. The maximum atomic E-state index is 12.8. The summed E-state index contributed by atoms with van der Waals surface area (Å²) in [7, 11) is 0. The maximum absolute atomic E-state index is 12.8. The average molecular weight is 396 g/mol. The van der Waals surface area contributed by atoms with E-state index in [0.717, 1.165) is 11.4 Å². The molecule has 0 unspecified atom stereocenters. The van der Waals surface area contributed by atoms with Gasteiger partial charge in [0.1, 0.15) is 5.75 Å². The van der Waals surface area contributed by atoms with Gasteiger partial charge in [0.15, 0.2) is 0 Å². The molecule has 3 aliphatic rings. The number of fused-ring (bicyclic) bond motifs is 1. The fourth-order valence-corrected chi connectivity index (χ4v) is 4.83. The van der Waals surface area contributed by atoms with Crippen molar-refractivity contribution in [3.8, 4) is 5.75 Å². The summed E-state index contributed by atoms with van der Waals surface area (Å²) < 4.78 is 5.42. The van der Waals surface area contributed by atoms with Gasteiger partial charge in [0.2, 0.25) is 17.7 Å². The lowest BCUT2D eigenvalue weighted by molar-refractivity contribution is -0.143.